The SMILES string of the molecule is Cc1cccc(-n2cc(Oc3ccccc3C)cn2)c1. The summed E-state index contributed by atoms with van der Waals surface area (Å²) in [6, 6.07) is 16.2. The van der Waals surface area contributed by atoms with Gasteiger partial charge in [-0.05, 0) is 43.2 Å². The van der Waals surface area contributed by atoms with Crippen LogP contribution in [0.25, 0.3) is 5.69 Å². The highest BCUT2D eigenvalue weighted by Gasteiger charge is 2.04. The Hall–Kier alpha value is -2.55. The van der Waals surface area contributed by atoms with E-state index in [1.165, 1.54) is 5.56 Å². The molecule has 3 heteroatoms. The van der Waals surface area contributed by atoms with Crippen LogP contribution in [-0.4, -0.2) is 9.78 Å². The summed E-state index contributed by atoms with van der Waals surface area (Å²) < 4.78 is 7.68. The molecule has 100 valence electrons. The van der Waals surface area contributed by atoms with Gasteiger partial charge in [-0.15, -0.1) is 0 Å². The summed E-state index contributed by atoms with van der Waals surface area (Å²) in [4.78, 5) is 0. The van der Waals surface area contributed by atoms with Crippen molar-refractivity contribution in [2.75, 3.05) is 0 Å². The Labute approximate surface area is 118 Å². The van der Waals surface area contributed by atoms with Crippen LogP contribution < -0.4 is 4.74 Å². The van der Waals surface area contributed by atoms with Gasteiger partial charge < -0.3 is 4.74 Å². The summed E-state index contributed by atoms with van der Waals surface area (Å²) in [5.74, 6) is 1.59. The minimum Gasteiger partial charge on any atom is -0.454 e. The number of benzene rings is 2. The fourth-order valence-electron chi connectivity index (χ4n) is 2.07. The Morgan fingerprint density at radius 1 is 1.00 bits per heavy atom. The van der Waals surface area contributed by atoms with E-state index in [0.29, 0.717) is 0 Å². The van der Waals surface area contributed by atoms with Crippen molar-refractivity contribution in [2.45, 2.75) is 13.8 Å². The van der Waals surface area contributed by atoms with E-state index >= 15 is 0 Å². The summed E-state index contributed by atoms with van der Waals surface area (Å²) in [5, 5.41) is 4.35. The molecule has 2 aromatic carbocycles. The molecule has 3 aromatic rings. The van der Waals surface area contributed by atoms with Gasteiger partial charge in [0.2, 0.25) is 0 Å². The van der Waals surface area contributed by atoms with Gasteiger partial charge in [0.25, 0.3) is 0 Å². The number of para-hydroxylation sites is 1. The maximum absolute atomic E-state index is 5.86. The summed E-state index contributed by atoms with van der Waals surface area (Å²) in [6.45, 7) is 4.10. The lowest BCUT2D eigenvalue weighted by Crippen LogP contribution is -1.93. The highest BCUT2D eigenvalue weighted by molar-refractivity contribution is 5.38. The normalized spacial score (nSPS) is 10.5. The van der Waals surface area contributed by atoms with Crippen LogP contribution in [0.4, 0.5) is 0 Å². The zero-order chi connectivity index (χ0) is 13.9. The maximum Gasteiger partial charge on any atom is 0.165 e. The molecular weight excluding hydrogens is 248 g/mol. The standard InChI is InChI=1S/C17H16N2O/c1-13-6-5-8-15(10-13)19-12-16(11-18-19)20-17-9-4-3-7-14(17)2/h3-12H,1-2H3. The van der Waals surface area contributed by atoms with Gasteiger partial charge in [0.15, 0.2) is 5.75 Å². The lowest BCUT2D eigenvalue weighted by molar-refractivity contribution is 0.478. The van der Waals surface area contributed by atoms with Crippen LogP contribution in [0.5, 0.6) is 11.5 Å². The third-order valence-electron chi connectivity index (χ3n) is 3.15. The number of aromatic nitrogens is 2. The van der Waals surface area contributed by atoms with Gasteiger partial charge in [-0.25, -0.2) is 4.68 Å². The van der Waals surface area contributed by atoms with Crippen LogP contribution in [-0.2, 0) is 0 Å². The van der Waals surface area contributed by atoms with Crippen LogP contribution in [0.3, 0.4) is 0 Å². The molecule has 1 heterocycles. The van der Waals surface area contributed by atoms with E-state index in [-0.39, 0.29) is 0 Å². The molecule has 0 unspecified atom stereocenters. The average molecular weight is 264 g/mol. The quantitative estimate of drug-likeness (QED) is 0.706. The largest absolute Gasteiger partial charge is 0.454 e. The number of aryl methyl sites for hydroxylation is 2. The molecule has 0 saturated carbocycles. The van der Waals surface area contributed by atoms with E-state index < -0.39 is 0 Å². The first kappa shape index (κ1) is 12.5. The molecule has 0 aliphatic heterocycles. The molecule has 0 atom stereocenters. The van der Waals surface area contributed by atoms with Gasteiger partial charge >= 0.3 is 0 Å². The fourth-order valence-corrected chi connectivity index (χ4v) is 2.07. The Morgan fingerprint density at radius 2 is 1.85 bits per heavy atom. The highest BCUT2D eigenvalue weighted by atomic mass is 16.5. The summed E-state index contributed by atoms with van der Waals surface area (Å²) in [6.07, 6.45) is 3.62. The number of rotatable bonds is 3. The van der Waals surface area contributed by atoms with Crippen molar-refractivity contribution >= 4 is 0 Å². The second kappa shape index (κ2) is 5.21. The summed E-state index contributed by atoms with van der Waals surface area (Å²) >= 11 is 0. The van der Waals surface area contributed by atoms with Crippen molar-refractivity contribution in [1.82, 2.24) is 9.78 Å². The van der Waals surface area contributed by atoms with Crippen LogP contribution >= 0.6 is 0 Å². The van der Waals surface area contributed by atoms with E-state index in [1.807, 2.05) is 54.2 Å². The molecule has 0 spiro atoms. The maximum atomic E-state index is 5.86. The molecule has 3 rings (SSSR count). The lowest BCUT2D eigenvalue weighted by atomic mass is 10.2. The lowest BCUT2D eigenvalue weighted by Gasteiger charge is -2.05. The number of hydrogen-bond acceptors (Lipinski definition) is 2. The molecule has 3 nitrogen and oxygen atoms in total. The first-order valence-electron chi connectivity index (χ1n) is 6.57. The molecule has 0 aliphatic carbocycles. The molecule has 0 radical (unpaired) electrons. The third-order valence-corrected chi connectivity index (χ3v) is 3.15. The van der Waals surface area contributed by atoms with Gasteiger partial charge in [-0.2, -0.15) is 5.10 Å². The van der Waals surface area contributed by atoms with Crippen molar-refractivity contribution < 1.29 is 4.74 Å². The smallest absolute Gasteiger partial charge is 0.165 e. The fraction of sp³-hybridized carbons (Fsp3) is 0.118. The van der Waals surface area contributed by atoms with Gasteiger partial charge in [0.05, 0.1) is 18.1 Å². The average Bonchev–Trinajstić information content (AvgIpc) is 2.90. The van der Waals surface area contributed by atoms with E-state index in [4.69, 9.17) is 4.74 Å². The molecule has 0 N–H and O–H groups in total. The van der Waals surface area contributed by atoms with Gasteiger partial charge in [0, 0.05) is 0 Å². The summed E-state index contributed by atoms with van der Waals surface area (Å²) in [5.41, 5.74) is 3.35. The van der Waals surface area contributed by atoms with Crippen LogP contribution in [0.15, 0.2) is 60.9 Å². The van der Waals surface area contributed by atoms with Gasteiger partial charge in [-0.3, -0.25) is 0 Å². The minimum atomic E-state index is 0.737. The predicted octanol–water partition coefficient (Wildman–Crippen LogP) is 4.28. The van der Waals surface area contributed by atoms with E-state index in [0.717, 1.165) is 22.7 Å². The van der Waals surface area contributed by atoms with Crippen molar-refractivity contribution in [2.24, 2.45) is 0 Å². The van der Waals surface area contributed by atoms with E-state index in [1.54, 1.807) is 6.20 Å². The molecule has 0 bridgehead atoms. The first-order chi connectivity index (χ1) is 9.72. The van der Waals surface area contributed by atoms with Gasteiger partial charge in [-0.1, -0.05) is 30.3 Å². The van der Waals surface area contributed by atoms with E-state index in [9.17, 15) is 0 Å². The zero-order valence-corrected chi connectivity index (χ0v) is 11.6. The molecule has 0 amide bonds. The Kier molecular flexibility index (Phi) is 3.25. The van der Waals surface area contributed by atoms with Crippen LogP contribution in [0.2, 0.25) is 0 Å². The predicted molar refractivity (Wildman–Crippen MR) is 79.6 cm³/mol. The van der Waals surface area contributed by atoms with Gasteiger partial charge in [0.1, 0.15) is 5.75 Å². The molecule has 0 aliphatic rings. The molecule has 20 heavy (non-hydrogen) atoms. The monoisotopic (exact) mass is 264 g/mol. The first-order valence-corrected chi connectivity index (χ1v) is 6.57. The van der Waals surface area contributed by atoms with Crippen LogP contribution in [0.1, 0.15) is 11.1 Å². The topological polar surface area (TPSA) is 27.1 Å². The molecule has 0 fully saturated rings. The second-order valence-electron chi connectivity index (χ2n) is 4.83. The molecule has 0 saturated heterocycles. The summed E-state index contributed by atoms with van der Waals surface area (Å²) in [7, 11) is 0. The Balaban J connectivity index is 1.86. The number of nitrogens with zero attached hydrogens (tertiary/aromatic N) is 2. The third kappa shape index (κ3) is 2.57. The second-order valence-corrected chi connectivity index (χ2v) is 4.83. The minimum absolute atomic E-state index is 0.737. The zero-order valence-electron chi connectivity index (χ0n) is 11.6. The highest BCUT2D eigenvalue weighted by Crippen LogP contribution is 2.24. The van der Waals surface area contributed by atoms with Crippen LogP contribution in [0, 0.1) is 13.8 Å². The van der Waals surface area contributed by atoms with Crippen molar-refractivity contribution in [3.05, 3.63) is 72.1 Å². The molecular formula is C17H16N2O. The van der Waals surface area contributed by atoms with Crippen molar-refractivity contribution in [3.63, 3.8) is 0 Å². The number of hydrogen-bond donors (Lipinski definition) is 0. The Bertz CT molecular complexity index is 731. The van der Waals surface area contributed by atoms with E-state index in [2.05, 4.69) is 24.2 Å². The van der Waals surface area contributed by atoms with Crippen molar-refractivity contribution in [1.29, 1.82) is 0 Å². The Morgan fingerprint density at radius 3 is 2.65 bits per heavy atom. The number of ether oxygens (including phenoxy) is 1. The van der Waals surface area contributed by atoms with Crippen molar-refractivity contribution in [3.8, 4) is 17.2 Å². The molecule has 1 aromatic heterocycles.